The minimum Gasteiger partial charge on any atom is -0.302 e. The van der Waals surface area contributed by atoms with Crippen molar-refractivity contribution in [2.24, 2.45) is 0 Å². The van der Waals surface area contributed by atoms with Crippen molar-refractivity contribution in [3.63, 3.8) is 0 Å². The second-order valence-electron chi connectivity index (χ2n) is 4.33. The second kappa shape index (κ2) is 4.15. The summed E-state index contributed by atoms with van der Waals surface area (Å²) in [4.78, 5) is 1.30. The van der Waals surface area contributed by atoms with Crippen molar-refractivity contribution in [1.82, 2.24) is 5.32 Å². The minimum absolute atomic E-state index is 0.0447. The van der Waals surface area contributed by atoms with Crippen LogP contribution in [0.2, 0.25) is 0 Å². The van der Waals surface area contributed by atoms with Crippen LogP contribution in [0.4, 0.5) is 0 Å². The predicted octanol–water partition coefficient (Wildman–Crippen LogP) is 1.73. The molecule has 3 rings (SSSR count). The van der Waals surface area contributed by atoms with E-state index >= 15 is 0 Å². The quantitative estimate of drug-likeness (QED) is 0.886. The van der Waals surface area contributed by atoms with Gasteiger partial charge in [-0.15, -0.1) is 11.8 Å². The predicted molar refractivity (Wildman–Crippen MR) is 69.8 cm³/mol. The van der Waals surface area contributed by atoms with E-state index in [9.17, 15) is 8.42 Å². The number of nitrogens with one attached hydrogen (secondary N) is 1. The summed E-state index contributed by atoms with van der Waals surface area (Å²) in [5, 5.41) is 4.72. The number of hydrogen-bond donors (Lipinski definition) is 1. The monoisotopic (exact) mass is 267 g/mol. The second-order valence-corrected chi connectivity index (χ2v) is 7.33. The molecular formula is C12H13NO2S2. The van der Waals surface area contributed by atoms with Gasteiger partial charge < -0.3 is 5.32 Å². The van der Waals surface area contributed by atoms with Crippen LogP contribution in [0.5, 0.6) is 0 Å². The molecule has 5 heteroatoms. The van der Waals surface area contributed by atoms with Crippen LogP contribution < -0.4 is 5.32 Å². The molecule has 0 saturated heterocycles. The van der Waals surface area contributed by atoms with E-state index in [2.05, 4.69) is 17.4 Å². The number of fused-ring (bicyclic) bond motifs is 1. The standard InChI is InChI=1S/C12H13NO2S2/c14-17(15)6-5-9(8-17)13-11-7-16-12-4-2-1-3-10(11)12/h1-6,9,11,13H,7-8H2. The van der Waals surface area contributed by atoms with Gasteiger partial charge in [-0.05, 0) is 11.6 Å². The molecule has 3 nitrogen and oxygen atoms in total. The first-order valence-electron chi connectivity index (χ1n) is 5.53. The maximum atomic E-state index is 11.3. The molecule has 0 bridgehead atoms. The Hall–Kier alpha value is -0.780. The average molecular weight is 267 g/mol. The molecule has 0 aromatic heterocycles. The Bertz CT molecular complexity index is 566. The number of thioether (sulfide) groups is 1. The van der Waals surface area contributed by atoms with E-state index < -0.39 is 9.84 Å². The molecule has 2 aliphatic rings. The van der Waals surface area contributed by atoms with Crippen LogP contribution in [-0.4, -0.2) is 26.0 Å². The highest BCUT2D eigenvalue weighted by Crippen LogP contribution is 2.38. The van der Waals surface area contributed by atoms with Crippen molar-refractivity contribution >= 4 is 21.6 Å². The van der Waals surface area contributed by atoms with Crippen molar-refractivity contribution < 1.29 is 8.42 Å². The lowest BCUT2D eigenvalue weighted by atomic mass is 10.1. The molecule has 1 aromatic carbocycles. The van der Waals surface area contributed by atoms with Crippen LogP contribution in [0.25, 0.3) is 0 Å². The van der Waals surface area contributed by atoms with E-state index in [-0.39, 0.29) is 17.8 Å². The van der Waals surface area contributed by atoms with Crippen molar-refractivity contribution in [2.45, 2.75) is 17.0 Å². The van der Waals surface area contributed by atoms with Gasteiger partial charge in [0.1, 0.15) is 0 Å². The molecule has 0 fully saturated rings. The molecule has 2 atom stereocenters. The summed E-state index contributed by atoms with van der Waals surface area (Å²) in [6, 6.07) is 8.51. The Kier molecular flexibility index (Phi) is 2.77. The van der Waals surface area contributed by atoms with Crippen molar-refractivity contribution in [1.29, 1.82) is 0 Å². The lowest BCUT2D eigenvalue weighted by molar-refractivity contribution is 0.541. The first kappa shape index (κ1) is 11.3. The van der Waals surface area contributed by atoms with Gasteiger partial charge in [-0.25, -0.2) is 8.42 Å². The summed E-state index contributed by atoms with van der Waals surface area (Å²) in [7, 11) is -2.96. The number of rotatable bonds is 2. The van der Waals surface area contributed by atoms with Gasteiger partial charge in [0.2, 0.25) is 0 Å². The third kappa shape index (κ3) is 2.27. The molecule has 2 unspecified atom stereocenters. The Morgan fingerprint density at radius 1 is 1.29 bits per heavy atom. The fourth-order valence-electron chi connectivity index (χ4n) is 2.24. The molecule has 1 aromatic rings. The molecule has 0 radical (unpaired) electrons. The highest BCUT2D eigenvalue weighted by atomic mass is 32.2. The molecule has 0 saturated carbocycles. The van der Waals surface area contributed by atoms with E-state index in [4.69, 9.17) is 0 Å². The maximum Gasteiger partial charge on any atom is 0.173 e. The summed E-state index contributed by atoms with van der Waals surface area (Å²) in [6.45, 7) is 0. The molecule has 17 heavy (non-hydrogen) atoms. The summed E-state index contributed by atoms with van der Waals surface area (Å²) >= 11 is 1.82. The lowest BCUT2D eigenvalue weighted by Gasteiger charge is -2.17. The van der Waals surface area contributed by atoms with Crippen LogP contribution in [0.15, 0.2) is 40.6 Å². The Morgan fingerprint density at radius 3 is 2.88 bits per heavy atom. The summed E-state index contributed by atoms with van der Waals surface area (Å²) in [6.07, 6.45) is 1.75. The maximum absolute atomic E-state index is 11.3. The molecule has 1 N–H and O–H groups in total. The zero-order chi connectivity index (χ0) is 11.9. The zero-order valence-corrected chi connectivity index (χ0v) is 10.8. The van der Waals surface area contributed by atoms with Crippen molar-refractivity contribution in [3.05, 3.63) is 41.3 Å². The molecular weight excluding hydrogens is 254 g/mol. The van der Waals surface area contributed by atoms with Crippen LogP contribution in [0.3, 0.4) is 0 Å². The SMILES string of the molecule is O=S1(=O)C=CC(NC2CSc3ccccc32)C1. The van der Waals surface area contributed by atoms with E-state index in [0.717, 1.165) is 5.75 Å². The fourth-order valence-corrected chi connectivity index (χ4v) is 4.66. The first-order chi connectivity index (χ1) is 8.14. The van der Waals surface area contributed by atoms with Crippen LogP contribution in [0, 0.1) is 0 Å². The summed E-state index contributed by atoms with van der Waals surface area (Å²) < 4.78 is 22.7. The largest absolute Gasteiger partial charge is 0.302 e. The van der Waals surface area contributed by atoms with Gasteiger partial charge in [-0.3, -0.25) is 0 Å². The topological polar surface area (TPSA) is 46.2 Å². The van der Waals surface area contributed by atoms with E-state index in [1.54, 1.807) is 6.08 Å². The number of hydrogen-bond acceptors (Lipinski definition) is 4. The average Bonchev–Trinajstić information content (AvgIpc) is 2.84. The van der Waals surface area contributed by atoms with Gasteiger partial charge in [0.25, 0.3) is 0 Å². The van der Waals surface area contributed by atoms with E-state index in [0.29, 0.717) is 0 Å². The lowest BCUT2D eigenvalue weighted by Crippen LogP contribution is -2.33. The third-order valence-electron chi connectivity index (χ3n) is 3.05. The molecule has 2 aliphatic heterocycles. The Morgan fingerprint density at radius 2 is 2.12 bits per heavy atom. The smallest absolute Gasteiger partial charge is 0.173 e. The zero-order valence-electron chi connectivity index (χ0n) is 9.17. The third-order valence-corrected chi connectivity index (χ3v) is 5.62. The van der Waals surface area contributed by atoms with Gasteiger partial charge in [0.15, 0.2) is 9.84 Å². The van der Waals surface area contributed by atoms with Crippen molar-refractivity contribution in [3.8, 4) is 0 Å². The van der Waals surface area contributed by atoms with Crippen LogP contribution in [-0.2, 0) is 9.84 Å². The normalized spacial score (nSPS) is 29.4. The fraction of sp³-hybridized carbons (Fsp3) is 0.333. The van der Waals surface area contributed by atoms with Gasteiger partial charge in [0, 0.05) is 28.1 Å². The molecule has 0 spiro atoms. The molecule has 2 heterocycles. The van der Waals surface area contributed by atoms with Crippen LogP contribution >= 0.6 is 11.8 Å². The van der Waals surface area contributed by atoms with Crippen molar-refractivity contribution in [2.75, 3.05) is 11.5 Å². The first-order valence-corrected chi connectivity index (χ1v) is 8.23. The Labute approximate surface area is 105 Å². The molecule has 0 aliphatic carbocycles. The highest BCUT2D eigenvalue weighted by Gasteiger charge is 2.28. The highest BCUT2D eigenvalue weighted by molar-refractivity contribution is 7.99. The van der Waals surface area contributed by atoms with Gasteiger partial charge in [0.05, 0.1) is 5.75 Å². The minimum atomic E-state index is -2.96. The summed E-state index contributed by atoms with van der Waals surface area (Å²) in [5.41, 5.74) is 1.29. The van der Waals surface area contributed by atoms with Gasteiger partial charge >= 0.3 is 0 Å². The van der Waals surface area contributed by atoms with E-state index in [1.165, 1.54) is 15.9 Å². The Balaban J connectivity index is 1.75. The van der Waals surface area contributed by atoms with Crippen LogP contribution in [0.1, 0.15) is 11.6 Å². The van der Waals surface area contributed by atoms with Gasteiger partial charge in [-0.1, -0.05) is 24.3 Å². The number of benzene rings is 1. The molecule has 0 amide bonds. The molecule has 90 valence electrons. The van der Waals surface area contributed by atoms with E-state index in [1.807, 2.05) is 23.9 Å². The number of sulfone groups is 1. The summed E-state index contributed by atoms with van der Waals surface area (Å²) in [5.74, 6) is 1.17. The van der Waals surface area contributed by atoms with Gasteiger partial charge in [-0.2, -0.15) is 0 Å².